The van der Waals surface area contributed by atoms with Gasteiger partial charge < -0.3 is 10.0 Å². The van der Waals surface area contributed by atoms with E-state index >= 15 is 0 Å². The molecule has 24 heavy (non-hydrogen) atoms. The Bertz CT molecular complexity index is 730. The van der Waals surface area contributed by atoms with E-state index in [1.54, 1.807) is 16.2 Å². The largest absolute Gasteiger partial charge is 0.389 e. The van der Waals surface area contributed by atoms with Gasteiger partial charge in [0.15, 0.2) is 0 Å². The fourth-order valence-corrected chi connectivity index (χ4v) is 5.30. The van der Waals surface area contributed by atoms with E-state index < -0.39 is 15.6 Å². The standard InChI is InChI=1S/C16H24N2O4S2/c1-3-14-8-12(11-23-14)15(19)17-6-4-16(20)5-7-18(24(2,21)22)10-13(16)9-17/h8,11,13,20H,3-7,9-10H2,1-2H3. The van der Waals surface area contributed by atoms with E-state index in [2.05, 4.69) is 6.92 Å². The van der Waals surface area contributed by atoms with E-state index in [-0.39, 0.29) is 18.4 Å². The zero-order chi connectivity index (χ0) is 17.5. The molecule has 6 nitrogen and oxygen atoms in total. The molecular weight excluding hydrogens is 348 g/mol. The first-order valence-electron chi connectivity index (χ1n) is 8.27. The van der Waals surface area contributed by atoms with Crippen LogP contribution in [-0.2, 0) is 16.4 Å². The molecule has 2 aliphatic heterocycles. The van der Waals surface area contributed by atoms with Crippen molar-refractivity contribution in [3.05, 3.63) is 21.9 Å². The van der Waals surface area contributed by atoms with Gasteiger partial charge in [0.2, 0.25) is 10.0 Å². The van der Waals surface area contributed by atoms with Crippen LogP contribution in [-0.4, -0.2) is 66.7 Å². The summed E-state index contributed by atoms with van der Waals surface area (Å²) in [5, 5.41) is 12.7. The second-order valence-electron chi connectivity index (χ2n) is 6.83. The number of thiophene rings is 1. The number of carbonyl (C=O) groups is 1. The molecule has 0 spiro atoms. The van der Waals surface area contributed by atoms with Crippen LogP contribution in [0.2, 0.25) is 0 Å². The van der Waals surface area contributed by atoms with Gasteiger partial charge in [0, 0.05) is 42.4 Å². The molecule has 0 saturated carbocycles. The van der Waals surface area contributed by atoms with Crippen LogP contribution in [0.4, 0.5) is 0 Å². The van der Waals surface area contributed by atoms with Crippen LogP contribution in [0.1, 0.15) is 35.0 Å². The number of aryl methyl sites for hydroxylation is 1. The predicted octanol–water partition coefficient (Wildman–Crippen LogP) is 1.17. The van der Waals surface area contributed by atoms with Crippen molar-refractivity contribution in [1.82, 2.24) is 9.21 Å². The number of hydrogen-bond donors (Lipinski definition) is 1. The maximum atomic E-state index is 12.7. The third kappa shape index (κ3) is 3.37. The number of rotatable bonds is 3. The number of nitrogens with zero attached hydrogens (tertiary/aromatic N) is 2. The monoisotopic (exact) mass is 372 g/mol. The van der Waals surface area contributed by atoms with Gasteiger partial charge in [-0.25, -0.2) is 12.7 Å². The van der Waals surface area contributed by atoms with Crippen LogP contribution in [0.3, 0.4) is 0 Å². The summed E-state index contributed by atoms with van der Waals surface area (Å²) >= 11 is 1.58. The third-order valence-electron chi connectivity index (χ3n) is 5.24. The van der Waals surface area contributed by atoms with Gasteiger partial charge in [-0.15, -0.1) is 11.3 Å². The molecule has 0 aliphatic carbocycles. The minimum absolute atomic E-state index is 0.0236. The molecule has 2 saturated heterocycles. The number of piperidine rings is 2. The van der Waals surface area contributed by atoms with Crippen molar-refractivity contribution in [3.8, 4) is 0 Å². The summed E-state index contributed by atoms with van der Waals surface area (Å²) in [5.41, 5.74) is -0.167. The summed E-state index contributed by atoms with van der Waals surface area (Å²) in [4.78, 5) is 15.6. The SMILES string of the molecule is CCc1cc(C(=O)N2CCC3(O)CCN(S(C)(=O)=O)CC3C2)cs1. The second-order valence-corrected chi connectivity index (χ2v) is 9.81. The molecule has 0 radical (unpaired) electrons. The highest BCUT2D eigenvalue weighted by Gasteiger charge is 2.47. The number of hydrogen-bond acceptors (Lipinski definition) is 5. The number of fused-ring (bicyclic) bond motifs is 1. The van der Waals surface area contributed by atoms with E-state index in [0.717, 1.165) is 6.42 Å². The highest BCUT2D eigenvalue weighted by atomic mass is 32.2. The van der Waals surface area contributed by atoms with Crippen LogP contribution in [0, 0.1) is 5.92 Å². The fraction of sp³-hybridized carbons (Fsp3) is 0.688. The molecule has 1 aromatic rings. The van der Waals surface area contributed by atoms with Crippen LogP contribution >= 0.6 is 11.3 Å². The average Bonchev–Trinajstić information content (AvgIpc) is 3.01. The second kappa shape index (κ2) is 6.40. The summed E-state index contributed by atoms with van der Waals surface area (Å²) in [6.45, 7) is 3.61. The summed E-state index contributed by atoms with van der Waals surface area (Å²) in [6.07, 6.45) is 3.04. The maximum absolute atomic E-state index is 12.7. The zero-order valence-corrected chi connectivity index (χ0v) is 15.7. The summed E-state index contributed by atoms with van der Waals surface area (Å²) < 4.78 is 25.0. The number of amides is 1. The van der Waals surface area contributed by atoms with Crippen LogP contribution in [0.5, 0.6) is 0 Å². The lowest BCUT2D eigenvalue weighted by Gasteiger charge is -2.49. The molecule has 3 heterocycles. The van der Waals surface area contributed by atoms with E-state index in [4.69, 9.17) is 0 Å². The van der Waals surface area contributed by atoms with Crippen molar-refractivity contribution in [2.45, 2.75) is 31.8 Å². The Labute approximate surface area is 147 Å². The van der Waals surface area contributed by atoms with E-state index in [0.29, 0.717) is 38.0 Å². The predicted molar refractivity (Wildman–Crippen MR) is 93.7 cm³/mol. The molecule has 2 aliphatic rings. The summed E-state index contributed by atoms with van der Waals surface area (Å²) in [6, 6.07) is 1.93. The van der Waals surface area contributed by atoms with Gasteiger partial charge >= 0.3 is 0 Å². The lowest BCUT2D eigenvalue weighted by molar-refractivity contribution is -0.0946. The Morgan fingerprint density at radius 2 is 2.08 bits per heavy atom. The molecule has 0 bridgehead atoms. The molecule has 134 valence electrons. The topological polar surface area (TPSA) is 77.9 Å². The van der Waals surface area contributed by atoms with E-state index in [1.807, 2.05) is 11.4 Å². The first kappa shape index (κ1) is 17.8. The molecule has 2 unspecified atom stereocenters. The molecule has 8 heteroatoms. The Kier molecular flexibility index (Phi) is 4.76. The zero-order valence-electron chi connectivity index (χ0n) is 14.1. The molecule has 1 amide bonds. The summed E-state index contributed by atoms with van der Waals surface area (Å²) in [7, 11) is -3.27. The minimum atomic E-state index is -3.27. The fourth-order valence-electron chi connectivity index (χ4n) is 3.62. The Balaban J connectivity index is 1.74. The van der Waals surface area contributed by atoms with Gasteiger partial charge in [-0.1, -0.05) is 6.92 Å². The number of aliphatic hydroxyl groups is 1. The van der Waals surface area contributed by atoms with Gasteiger partial charge in [-0.2, -0.15) is 0 Å². The van der Waals surface area contributed by atoms with Crippen LogP contribution in [0.15, 0.2) is 11.4 Å². The van der Waals surface area contributed by atoms with Gasteiger partial charge in [-0.05, 0) is 25.3 Å². The Hall–Kier alpha value is -0.960. The van der Waals surface area contributed by atoms with Gasteiger partial charge in [0.1, 0.15) is 0 Å². The van der Waals surface area contributed by atoms with Crippen LogP contribution in [0.25, 0.3) is 0 Å². The maximum Gasteiger partial charge on any atom is 0.254 e. The Morgan fingerprint density at radius 1 is 1.38 bits per heavy atom. The minimum Gasteiger partial charge on any atom is -0.389 e. The lowest BCUT2D eigenvalue weighted by Crippen LogP contribution is -2.61. The average molecular weight is 373 g/mol. The normalized spacial score (nSPS) is 28.6. The van der Waals surface area contributed by atoms with Crippen molar-refractivity contribution >= 4 is 27.3 Å². The number of sulfonamides is 1. The highest BCUT2D eigenvalue weighted by molar-refractivity contribution is 7.88. The van der Waals surface area contributed by atoms with Gasteiger partial charge in [0.25, 0.3) is 5.91 Å². The number of likely N-dealkylation sites (tertiary alicyclic amines) is 1. The van der Waals surface area contributed by atoms with Crippen molar-refractivity contribution in [1.29, 1.82) is 0 Å². The first-order chi connectivity index (χ1) is 11.2. The molecule has 3 rings (SSSR count). The Morgan fingerprint density at radius 3 is 2.71 bits per heavy atom. The van der Waals surface area contributed by atoms with Gasteiger partial charge in [0.05, 0.1) is 17.4 Å². The molecule has 1 aromatic heterocycles. The van der Waals surface area contributed by atoms with Crippen molar-refractivity contribution in [2.24, 2.45) is 5.92 Å². The van der Waals surface area contributed by atoms with E-state index in [9.17, 15) is 18.3 Å². The van der Waals surface area contributed by atoms with Gasteiger partial charge in [-0.3, -0.25) is 4.79 Å². The summed E-state index contributed by atoms with van der Waals surface area (Å²) in [5.74, 6) is -0.257. The molecule has 2 atom stereocenters. The van der Waals surface area contributed by atoms with Crippen molar-refractivity contribution in [2.75, 3.05) is 32.4 Å². The quantitative estimate of drug-likeness (QED) is 0.864. The van der Waals surface area contributed by atoms with E-state index in [1.165, 1.54) is 15.4 Å². The molecule has 0 aromatic carbocycles. The third-order valence-corrected chi connectivity index (χ3v) is 7.59. The smallest absolute Gasteiger partial charge is 0.254 e. The molecule has 2 fully saturated rings. The number of carbonyl (C=O) groups excluding carboxylic acids is 1. The van der Waals surface area contributed by atoms with Crippen molar-refractivity contribution < 1.29 is 18.3 Å². The molecular formula is C16H24N2O4S2. The highest BCUT2D eigenvalue weighted by Crippen LogP contribution is 2.36. The van der Waals surface area contributed by atoms with Crippen molar-refractivity contribution in [3.63, 3.8) is 0 Å². The molecule has 1 N–H and O–H groups in total. The van der Waals surface area contributed by atoms with Crippen LogP contribution < -0.4 is 0 Å². The first-order valence-corrected chi connectivity index (χ1v) is 11.0. The lowest BCUT2D eigenvalue weighted by atomic mass is 9.76.